The molecule has 0 aromatic carbocycles. The minimum Gasteiger partial charge on any atom is -0.396 e. The van der Waals surface area contributed by atoms with E-state index < -0.39 is 172 Å². The van der Waals surface area contributed by atoms with Crippen molar-refractivity contribution in [3.63, 3.8) is 0 Å². The average Bonchev–Trinajstić information content (AvgIpc) is 3.34. The Morgan fingerprint density at radius 2 is 1.15 bits per heavy atom. The van der Waals surface area contributed by atoms with Gasteiger partial charge in [0.25, 0.3) is 0 Å². The molecule has 14 N–H and O–H groups in total. The van der Waals surface area contributed by atoms with E-state index in [2.05, 4.69) is 54.5 Å². The summed E-state index contributed by atoms with van der Waals surface area (Å²) >= 11 is 0. The number of aliphatic hydroxyl groups is 14. The molecule has 4 saturated carbocycles. The number of rotatable bonds is 11. The van der Waals surface area contributed by atoms with E-state index in [0.29, 0.717) is 19.3 Å². The van der Waals surface area contributed by atoms with Crippen LogP contribution >= 0.6 is 0 Å². The molecule has 4 saturated heterocycles. The lowest BCUT2D eigenvalue weighted by Crippen LogP contribution is -2.69. The van der Waals surface area contributed by atoms with Gasteiger partial charge in [-0.1, -0.05) is 60.1 Å². The zero-order chi connectivity index (χ0) is 54.0. The van der Waals surface area contributed by atoms with Crippen LogP contribution in [0.2, 0.25) is 0 Å². The molecular formula is C52H86O22. The molecule has 0 radical (unpaired) electrons. The Labute approximate surface area is 432 Å². The predicted octanol–water partition coefficient (Wildman–Crippen LogP) is -2.34. The summed E-state index contributed by atoms with van der Waals surface area (Å²) in [6.07, 6.45) is -24.5. The third kappa shape index (κ3) is 9.11. The fourth-order valence-corrected chi connectivity index (χ4v) is 16.3. The lowest BCUT2D eigenvalue weighted by molar-refractivity contribution is -0.392. The van der Waals surface area contributed by atoms with Crippen molar-refractivity contribution in [3.8, 4) is 0 Å². The maximum Gasteiger partial charge on any atom is 0.187 e. The van der Waals surface area contributed by atoms with Gasteiger partial charge in [0.1, 0.15) is 85.5 Å². The zero-order valence-electron chi connectivity index (χ0n) is 43.7. The Kier molecular flexibility index (Phi) is 16.1. The Morgan fingerprint density at radius 1 is 0.554 bits per heavy atom. The second kappa shape index (κ2) is 20.8. The van der Waals surface area contributed by atoms with Crippen LogP contribution in [0.3, 0.4) is 0 Å². The highest BCUT2D eigenvalue weighted by Crippen LogP contribution is 2.76. The van der Waals surface area contributed by atoms with Crippen LogP contribution in [-0.2, 0) is 37.9 Å². The second-order valence-corrected chi connectivity index (χ2v) is 25.6. The first-order valence-corrected chi connectivity index (χ1v) is 26.8. The van der Waals surface area contributed by atoms with Gasteiger partial charge in [-0.25, -0.2) is 0 Å². The molecule has 22 nitrogen and oxygen atoms in total. The summed E-state index contributed by atoms with van der Waals surface area (Å²) in [6, 6.07) is 0. The number of hydrogen-bond acceptors (Lipinski definition) is 22. The molecule has 4 aliphatic heterocycles. The smallest absolute Gasteiger partial charge is 0.187 e. The molecule has 0 amide bonds. The van der Waals surface area contributed by atoms with E-state index in [0.717, 1.165) is 32.1 Å². The molecule has 0 aromatic rings. The molecule has 28 atom stereocenters. The lowest BCUT2D eigenvalue weighted by Gasteiger charge is -2.72. The van der Waals surface area contributed by atoms with E-state index in [-0.39, 0.29) is 40.6 Å². The summed E-state index contributed by atoms with van der Waals surface area (Å²) in [7, 11) is 0. The van der Waals surface area contributed by atoms with E-state index in [1.165, 1.54) is 5.57 Å². The molecule has 0 spiro atoms. The largest absolute Gasteiger partial charge is 0.396 e. The first-order chi connectivity index (χ1) is 34.6. The summed E-state index contributed by atoms with van der Waals surface area (Å²) in [5.41, 5.74) is -1.41. The fourth-order valence-electron chi connectivity index (χ4n) is 16.3. The first-order valence-electron chi connectivity index (χ1n) is 26.8. The van der Waals surface area contributed by atoms with Crippen LogP contribution in [0.25, 0.3) is 0 Å². The van der Waals surface area contributed by atoms with Crippen molar-refractivity contribution in [1.29, 1.82) is 0 Å². The number of hydrogen-bond donors (Lipinski definition) is 14. The molecule has 22 heteroatoms. The lowest BCUT2D eigenvalue weighted by atomic mass is 9.33. The van der Waals surface area contributed by atoms with Gasteiger partial charge in [-0.2, -0.15) is 0 Å². The van der Waals surface area contributed by atoms with Crippen molar-refractivity contribution in [1.82, 2.24) is 0 Å². The highest BCUT2D eigenvalue weighted by atomic mass is 16.8. The minimum atomic E-state index is -1.89. The molecule has 28 unspecified atom stereocenters. The number of ether oxygens (including phenoxy) is 8. The normalized spacial score (nSPS) is 55.2. The van der Waals surface area contributed by atoms with Gasteiger partial charge in [-0.15, -0.1) is 0 Å². The summed E-state index contributed by atoms with van der Waals surface area (Å²) in [4.78, 5) is 0. The SMILES string of the molecule is CC1(C)CC(O)C2(CO)C(O)CC3(C)C(=CCC4C5(C)CCC(OC6OCC(OC7OC(CO)C(O)C(O)C7OC7OCC(O)C(O)C7O)C(O)C6OC6OC(CO)C(O)C(O)C6O)C(C)(C)C5CCC43C)C2C1. The Hall–Kier alpha value is -1.14. The van der Waals surface area contributed by atoms with Gasteiger partial charge in [0.15, 0.2) is 25.2 Å². The van der Waals surface area contributed by atoms with E-state index >= 15 is 0 Å². The molecule has 9 rings (SSSR count). The van der Waals surface area contributed by atoms with Crippen LogP contribution < -0.4 is 0 Å². The molecule has 5 aliphatic carbocycles. The molecule has 74 heavy (non-hydrogen) atoms. The quantitative estimate of drug-likeness (QED) is 0.0761. The van der Waals surface area contributed by atoms with Crippen LogP contribution in [0.5, 0.6) is 0 Å². The van der Waals surface area contributed by atoms with Gasteiger partial charge in [0, 0.05) is 0 Å². The average molecular weight is 1060 g/mol. The fraction of sp³-hybridized carbons (Fsp3) is 0.962. The predicted molar refractivity (Wildman–Crippen MR) is 253 cm³/mol. The maximum absolute atomic E-state index is 12.3. The summed E-state index contributed by atoms with van der Waals surface area (Å²) in [6.45, 7) is 12.9. The third-order valence-electron chi connectivity index (χ3n) is 20.8. The Morgan fingerprint density at radius 3 is 1.81 bits per heavy atom. The van der Waals surface area contributed by atoms with Crippen molar-refractivity contribution in [3.05, 3.63) is 11.6 Å². The number of fused-ring (bicyclic) bond motifs is 7. The highest BCUT2D eigenvalue weighted by molar-refractivity contribution is 5.36. The van der Waals surface area contributed by atoms with Gasteiger partial charge in [0.05, 0.1) is 56.8 Å². The highest BCUT2D eigenvalue weighted by Gasteiger charge is 2.71. The van der Waals surface area contributed by atoms with Gasteiger partial charge < -0.3 is 109 Å². The standard InChI is InChI=1S/C52H86O22/c1-47(2)14-23-22-8-9-29-49(5)12-11-32(48(3,4)28(49)10-13-50(29,6)51(22,7)16-31(58)52(23,21-55)30(57)15-47)72-45-41(74-44-40(66)37(63)34(60)25(17-53)69-44)36(62)27(20-68-45)71-46-42(38(64)35(61)26(18-54)70-46)73-43-39(65)33(59)24(56)19-67-43/h8,23-46,53-66H,9-21H2,1-7H3. The summed E-state index contributed by atoms with van der Waals surface area (Å²) in [5, 5.41) is 153. The Balaban J connectivity index is 0.974. The van der Waals surface area contributed by atoms with Crippen molar-refractivity contribution >= 4 is 0 Å². The minimum absolute atomic E-state index is 0.0953. The second-order valence-electron chi connectivity index (χ2n) is 25.6. The molecule has 4 heterocycles. The molecule has 8 fully saturated rings. The van der Waals surface area contributed by atoms with Crippen LogP contribution in [0.1, 0.15) is 99.8 Å². The van der Waals surface area contributed by atoms with Crippen molar-refractivity contribution in [2.45, 2.75) is 229 Å². The zero-order valence-corrected chi connectivity index (χ0v) is 43.7. The van der Waals surface area contributed by atoms with Crippen molar-refractivity contribution < 1.29 is 109 Å². The van der Waals surface area contributed by atoms with Gasteiger partial charge in [-0.3, -0.25) is 0 Å². The van der Waals surface area contributed by atoms with Gasteiger partial charge in [-0.05, 0) is 96.2 Å². The van der Waals surface area contributed by atoms with Crippen LogP contribution in [-0.4, -0.2) is 233 Å². The third-order valence-corrected chi connectivity index (χ3v) is 20.8. The first kappa shape index (κ1) is 57.5. The Bertz CT molecular complexity index is 1990. The molecule has 426 valence electrons. The number of allylic oxidation sites excluding steroid dienone is 2. The van der Waals surface area contributed by atoms with Crippen LogP contribution in [0.4, 0.5) is 0 Å². The van der Waals surface area contributed by atoms with E-state index in [1.807, 2.05) is 0 Å². The molecule has 9 aliphatic rings. The van der Waals surface area contributed by atoms with Crippen molar-refractivity contribution in [2.24, 2.45) is 50.2 Å². The van der Waals surface area contributed by atoms with E-state index in [9.17, 15) is 71.5 Å². The topological polar surface area (TPSA) is 357 Å². The molecule has 0 bridgehead atoms. The van der Waals surface area contributed by atoms with E-state index in [4.69, 9.17) is 37.9 Å². The van der Waals surface area contributed by atoms with Gasteiger partial charge in [0.2, 0.25) is 0 Å². The number of aliphatic hydroxyl groups excluding tert-OH is 14. The molecular weight excluding hydrogens is 977 g/mol. The maximum atomic E-state index is 12.3. The monoisotopic (exact) mass is 1060 g/mol. The van der Waals surface area contributed by atoms with Crippen molar-refractivity contribution in [2.75, 3.05) is 33.0 Å². The van der Waals surface area contributed by atoms with E-state index in [1.54, 1.807) is 0 Å². The summed E-state index contributed by atoms with van der Waals surface area (Å²) in [5.74, 6) is 0.101. The van der Waals surface area contributed by atoms with Crippen LogP contribution in [0, 0.1) is 50.2 Å². The molecule has 0 aromatic heterocycles. The summed E-state index contributed by atoms with van der Waals surface area (Å²) < 4.78 is 48.6. The van der Waals surface area contributed by atoms with Crippen LogP contribution in [0.15, 0.2) is 11.6 Å². The van der Waals surface area contributed by atoms with Gasteiger partial charge >= 0.3 is 0 Å².